The summed E-state index contributed by atoms with van der Waals surface area (Å²) in [6.45, 7) is 7.60. The molecule has 0 aliphatic heterocycles. The fourth-order valence-electron chi connectivity index (χ4n) is 1.87. The van der Waals surface area contributed by atoms with Crippen molar-refractivity contribution >= 4 is 11.6 Å². The van der Waals surface area contributed by atoms with E-state index >= 15 is 0 Å². The fraction of sp³-hybridized carbons (Fsp3) is 0.467. The minimum Gasteiger partial charge on any atom is -0.370 e. The predicted octanol–water partition coefficient (Wildman–Crippen LogP) is 2.57. The molecule has 2 rings (SSSR count). The molecule has 0 saturated heterocycles. The van der Waals surface area contributed by atoms with Gasteiger partial charge in [-0.05, 0) is 19.4 Å². The maximum Gasteiger partial charge on any atom is 0.132 e. The van der Waals surface area contributed by atoms with Crippen LogP contribution < -0.4 is 10.6 Å². The van der Waals surface area contributed by atoms with Gasteiger partial charge in [-0.15, -0.1) is 0 Å². The molecule has 2 heterocycles. The number of anilines is 2. The predicted molar refractivity (Wildman–Crippen MR) is 84.3 cm³/mol. The summed E-state index contributed by atoms with van der Waals surface area (Å²) >= 11 is 0. The van der Waals surface area contributed by atoms with Crippen molar-refractivity contribution in [3.05, 3.63) is 35.7 Å². The van der Waals surface area contributed by atoms with Crippen LogP contribution in [0, 0.1) is 6.92 Å². The summed E-state index contributed by atoms with van der Waals surface area (Å²) in [4.78, 5) is 17.4. The fourth-order valence-corrected chi connectivity index (χ4v) is 1.87. The summed E-state index contributed by atoms with van der Waals surface area (Å²) < 4.78 is 0. The van der Waals surface area contributed by atoms with Crippen molar-refractivity contribution in [2.24, 2.45) is 0 Å². The molecule has 0 atom stereocenters. The molecule has 0 amide bonds. The van der Waals surface area contributed by atoms with Crippen molar-refractivity contribution in [1.29, 1.82) is 0 Å². The minimum atomic E-state index is 0.622. The molecule has 6 nitrogen and oxygen atoms in total. The summed E-state index contributed by atoms with van der Waals surface area (Å²) in [5, 5.41) is 6.60. The number of aromatic nitrogens is 4. The highest BCUT2D eigenvalue weighted by molar-refractivity contribution is 5.47. The molecule has 21 heavy (non-hydrogen) atoms. The number of hydrogen-bond acceptors (Lipinski definition) is 6. The van der Waals surface area contributed by atoms with Gasteiger partial charge in [-0.2, -0.15) is 0 Å². The molecule has 0 saturated carbocycles. The van der Waals surface area contributed by atoms with Crippen molar-refractivity contribution in [3.63, 3.8) is 0 Å². The molecule has 0 radical (unpaired) electrons. The molecule has 2 N–H and O–H groups in total. The average molecular weight is 286 g/mol. The number of nitrogens with zero attached hydrogens (tertiary/aromatic N) is 4. The molecule has 0 aliphatic rings. The zero-order chi connectivity index (χ0) is 15.1. The molecule has 2 aromatic heterocycles. The van der Waals surface area contributed by atoms with Gasteiger partial charge in [0.05, 0.1) is 12.2 Å². The molecule has 2 aromatic rings. The Labute approximate surface area is 125 Å². The van der Waals surface area contributed by atoms with E-state index in [2.05, 4.69) is 44.4 Å². The van der Waals surface area contributed by atoms with Gasteiger partial charge in [0.1, 0.15) is 23.3 Å². The third kappa shape index (κ3) is 4.66. The Morgan fingerprint density at radius 3 is 2.48 bits per heavy atom. The highest BCUT2D eigenvalue weighted by Crippen LogP contribution is 2.13. The highest BCUT2D eigenvalue weighted by Gasteiger charge is 2.04. The highest BCUT2D eigenvalue weighted by atomic mass is 15.1. The topological polar surface area (TPSA) is 75.6 Å². The van der Waals surface area contributed by atoms with E-state index in [0.717, 1.165) is 48.4 Å². The van der Waals surface area contributed by atoms with Gasteiger partial charge < -0.3 is 10.6 Å². The van der Waals surface area contributed by atoms with E-state index in [1.165, 1.54) is 0 Å². The third-order valence-electron chi connectivity index (χ3n) is 2.93. The zero-order valence-electron chi connectivity index (χ0n) is 12.8. The van der Waals surface area contributed by atoms with Gasteiger partial charge in [-0.1, -0.05) is 13.8 Å². The van der Waals surface area contributed by atoms with Crippen LogP contribution in [0.5, 0.6) is 0 Å². The number of aryl methyl sites for hydroxylation is 2. The molecule has 6 heteroatoms. The van der Waals surface area contributed by atoms with Gasteiger partial charge in [-0.3, -0.25) is 0 Å². The lowest BCUT2D eigenvalue weighted by molar-refractivity contribution is 0.904. The van der Waals surface area contributed by atoms with Crippen molar-refractivity contribution < 1.29 is 0 Å². The number of hydrogen-bond donors (Lipinski definition) is 2. The van der Waals surface area contributed by atoms with Gasteiger partial charge in [0, 0.05) is 25.2 Å². The second kappa shape index (κ2) is 7.52. The van der Waals surface area contributed by atoms with E-state index in [1.54, 1.807) is 6.20 Å². The van der Waals surface area contributed by atoms with Crippen molar-refractivity contribution in [2.45, 2.75) is 40.2 Å². The van der Waals surface area contributed by atoms with E-state index in [4.69, 9.17) is 0 Å². The smallest absolute Gasteiger partial charge is 0.132 e. The first-order valence-electron chi connectivity index (χ1n) is 7.35. The first-order chi connectivity index (χ1) is 10.2. The van der Waals surface area contributed by atoms with Crippen LogP contribution in [0.25, 0.3) is 0 Å². The Hall–Kier alpha value is -2.24. The Morgan fingerprint density at radius 2 is 1.81 bits per heavy atom. The largest absolute Gasteiger partial charge is 0.370 e. The minimum absolute atomic E-state index is 0.622. The monoisotopic (exact) mass is 286 g/mol. The lowest BCUT2D eigenvalue weighted by atomic mass is 10.3. The second-order valence-electron chi connectivity index (χ2n) is 4.78. The van der Waals surface area contributed by atoms with Crippen LogP contribution in [-0.4, -0.2) is 26.5 Å². The molecular weight excluding hydrogens is 264 g/mol. The standard InChI is InChI=1S/C15H22N6/c1-4-7-17-14-9-15(21-13(5-2)20-14)18-10-12-6-8-16-11(3)19-12/h6,8-9H,4-5,7,10H2,1-3H3,(H2,17,18,20,21). The number of nitrogens with one attached hydrogen (secondary N) is 2. The van der Waals surface area contributed by atoms with E-state index in [0.29, 0.717) is 6.54 Å². The molecule has 0 fully saturated rings. The van der Waals surface area contributed by atoms with Gasteiger partial charge in [0.25, 0.3) is 0 Å². The first kappa shape index (κ1) is 15.2. The van der Waals surface area contributed by atoms with E-state index < -0.39 is 0 Å². The van der Waals surface area contributed by atoms with Crippen LogP contribution in [0.3, 0.4) is 0 Å². The number of rotatable bonds is 7. The normalized spacial score (nSPS) is 10.4. The maximum atomic E-state index is 4.49. The Kier molecular flexibility index (Phi) is 5.43. The van der Waals surface area contributed by atoms with E-state index in [1.807, 2.05) is 19.1 Å². The SMILES string of the molecule is CCCNc1cc(NCc2ccnc(C)n2)nc(CC)n1. The molecule has 112 valence electrons. The van der Waals surface area contributed by atoms with Crippen molar-refractivity contribution in [3.8, 4) is 0 Å². The van der Waals surface area contributed by atoms with E-state index in [9.17, 15) is 0 Å². The zero-order valence-corrected chi connectivity index (χ0v) is 12.8. The van der Waals surface area contributed by atoms with Crippen LogP contribution in [-0.2, 0) is 13.0 Å². The van der Waals surface area contributed by atoms with Crippen LogP contribution in [0.2, 0.25) is 0 Å². The van der Waals surface area contributed by atoms with Gasteiger partial charge >= 0.3 is 0 Å². The molecule has 0 unspecified atom stereocenters. The molecule has 0 bridgehead atoms. The second-order valence-corrected chi connectivity index (χ2v) is 4.78. The molecule has 0 aromatic carbocycles. The van der Waals surface area contributed by atoms with Gasteiger partial charge in [0.2, 0.25) is 0 Å². The summed E-state index contributed by atoms with van der Waals surface area (Å²) in [5.41, 5.74) is 0.947. The van der Waals surface area contributed by atoms with Crippen LogP contribution in [0.15, 0.2) is 18.3 Å². The van der Waals surface area contributed by atoms with Gasteiger partial charge in [-0.25, -0.2) is 19.9 Å². The first-order valence-corrected chi connectivity index (χ1v) is 7.35. The molecule has 0 spiro atoms. The van der Waals surface area contributed by atoms with Crippen LogP contribution in [0.1, 0.15) is 37.6 Å². The molecular formula is C15H22N6. The van der Waals surface area contributed by atoms with E-state index in [-0.39, 0.29) is 0 Å². The lowest BCUT2D eigenvalue weighted by Gasteiger charge is -2.10. The summed E-state index contributed by atoms with van der Waals surface area (Å²) in [6, 6.07) is 3.83. The van der Waals surface area contributed by atoms with Crippen LogP contribution in [0.4, 0.5) is 11.6 Å². The van der Waals surface area contributed by atoms with Gasteiger partial charge in [0.15, 0.2) is 0 Å². The van der Waals surface area contributed by atoms with Crippen molar-refractivity contribution in [1.82, 2.24) is 19.9 Å². The maximum absolute atomic E-state index is 4.49. The summed E-state index contributed by atoms with van der Waals surface area (Å²) in [5.74, 6) is 3.29. The Bertz CT molecular complexity index is 584. The Balaban J connectivity index is 2.07. The van der Waals surface area contributed by atoms with Crippen molar-refractivity contribution in [2.75, 3.05) is 17.2 Å². The third-order valence-corrected chi connectivity index (χ3v) is 2.93. The molecule has 0 aliphatic carbocycles. The summed E-state index contributed by atoms with van der Waals surface area (Å²) in [7, 11) is 0. The Morgan fingerprint density at radius 1 is 1.05 bits per heavy atom. The quantitative estimate of drug-likeness (QED) is 0.814. The average Bonchev–Trinajstić information content (AvgIpc) is 2.51. The lowest BCUT2D eigenvalue weighted by Crippen LogP contribution is -2.09. The summed E-state index contributed by atoms with van der Waals surface area (Å²) in [6.07, 6.45) is 3.64. The van der Waals surface area contributed by atoms with Crippen LogP contribution >= 0.6 is 0 Å².